The van der Waals surface area contributed by atoms with Crippen molar-refractivity contribution in [3.63, 3.8) is 0 Å². The maximum atomic E-state index is 5.97. The zero-order valence-corrected chi connectivity index (χ0v) is 14.4. The molecule has 0 radical (unpaired) electrons. The molecular weight excluding hydrogens is 280 g/mol. The summed E-state index contributed by atoms with van der Waals surface area (Å²) < 4.78 is 0. The molecule has 2 nitrogen and oxygen atoms in total. The first kappa shape index (κ1) is 16.8. The average Bonchev–Trinajstić information content (AvgIpc) is 2.94. The molecule has 1 aliphatic rings. The van der Waals surface area contributed by atoms with E-state index < -0.39 is 0 Å². The van der Waals surface area contributed by atoms with E-state index in [1.807, 2.05) is 19.2 Å². The lowest BCUT2D eigenvalue weighted by molar-refractivity contribution is 0.234. The van der Waals surface area contributed by atoms with E-state index in [9.17, 15) is 0 Å². The predicted molar refractivity (Wildman–Crippen MR) is 91.9 cm³/mol. The van der Waals surface area contributed by atoms with Gasteiger partial charge in [-0.3, -0.25) is 0 Å². The van der Waals surface area contributed by atoms with Crippen LogP contribution in [0.2, 0.25) is 5.02 Å². The smallest absolute Gasteiger partial charge is 0.0406 e. The third-order valence-electron chi connectivity index (χ3n) is 5.37. The van der Waals surface area contributed by atoms with Crippen molar-refractivity contribution in [2.45, 2.75) is 45.6 Å². The van der Waals surface area contributed by atoms with Gasteiger partial charge in [-0.2, -0.15) is 0 Å². The van der Waals surface area contributed by atoms with E-state index in [0.717, 1.165) is 11.4 Å². The summed E-state index contributed by atoms with van der Waals surface area (Å²) in [6, 6.07) is 8.65. The Kier molecular flexibility index (Phi) is 6.09. The van der Waals surface area contributed by atoms with Crippen LogP contribution in [-0.2, 0) is 0 Å². The Hall–Kier alpha value is -0.570. The standard InChI is InChI=1S/C18H29ClN2/c1-4-18(5-2)11-13-21(14-18)12-10-17(20-3)15-6-8-16(19)9-7-15/h6-9,17,20H,4-5,10-14H2,1-3H3. The number of halogens is 1. The number of hydrogen-bond donors (Lipinski definition) is 1. The topological polar surface area (TPSA) is 15.3 Å². The lowest BCUT2D eigenvalue weighted by atomic mass is 9.82. The van der Waals surface area contributed by atoms with Crippen molar-refractivity contribution in [3.05, 3.63) is 34.9 Å². The van der Waals surface area contributed by atoms with E-state index in [-0.39, 0.29) is 0 Å². The Morgan fingerprint density at radius 3 is 2.43 bits per heavy atom. The number of rotatable bonds is 7. The SMILES string of the molecule is CCC1(CC)CCN(CCC(NC)c2ccc(Cl)cc2)C1. The maximum Gasteiger partial charge on any atom is 0.0406 e. The van der Waals surface area contributed by atoms with E-state index in [1.165, 1.54) is 44.5 Å². The van der Waals surface area contributed by atoms with Gasteiger partial charge in [-0.1, -0.05) is 37.6 Å². The van der Waals surface area contributed by atoms with Gasteiger partial charge >= 0.3 is 0 Å². The Balaban J connectivity index is 1.88. The van der Waals surface area contributed by atoms with Crippen LogP contribution in [0.4, 0.5) is 0 Å². The first-order chi connectivity index (χ1) is 10.1. The van der Waals surface area contributed by atoms with E-state index in [2.05, 4.69) is 36.2 Å². The Morgan fingerprint density at radius 1 is 1.24 bits per heavy atom. The molecular formula is C18H29ClN2. The highest BCUT2D eigenvalue weighted by Gasteiger charge is 2.34. The van der Waals surface area contributed by atoms with Gasteiger partial charge in [0, 0.05) is 17.6 Å². The summed E-state index contributed by atoms with van der Waals surface area (Å²) in [4.78, 5) is 2.65. The number of hydrogen-bond acceptors (Lipinski definition) is 2. The average molecular weight is 309 g/mol. The molecule has 1 heterocycles. The Labute approximate surface area is 134 Å². The van der Waals surface area contributed by atoms with Crippen LogP contribution < -0.4 is 5.32 Å². The quantitative estimate of drug-likeness (QED) is 0.797. The monoisotopic (exact) mass is 308 g/mol. The number of likely N-dealkylation sites (tertiary alicyclic amines) is 1. The third-order valence-corrected chi connectivity index (χ3v) is 5.62. The minimum atomic E-state index is 0.417. The molecule has 1 N–H and O–H groups in total. The highest BCUT2D eigenvalue weighted by atomic mass is 35.5. The molecule has 21 heavy (non-hydrogen) atoms. The van der Waals surface area contributed by atoms with Crippen molar-refractivity contribution in [3.8, 4) is 0 Å². The van der Waals surface area contributed by atoms with Gasteiger partial charge in [-0.25, -0.2) is 0 Å². The molecule has 0 aliphatic carbocycles. The molecule has 1 aromatic rings. The van der Waals surface area contributed by atoms with Gasteiger partial charge in [0.1, 0.15) is 0 Å². The highest BCUT2D eigenvalue weighted by Crippen LogP contribution is 2.37. The maximum absolute atomic E-state index is 5.97. The van der Waals surface area contributed by atoms with Crippen LogP contribution in [0.25, 0.3) is 0 Å². The molecule has 0 aromatic heterocycles. The second kappa shape index (κ2) is 7.62. The minimum absolute atomic E-state index is 0.417. The fourth-order valence-corrected chi connectivity index (χ4v) is 3.66. The number of benzene rings is 1. The molecule has 1 fully saturated rings. The van der Waals surface area contributed by atoms with E-state index >= 15 is 0 Å². The van der Waals surface area contributed by atoms with Gasteiger partial charge in [0.15, 0.2) is 0 Å². The molecule has 1 aromatic carbocycles. The summed E-state index contributed by atoms with van der Waals surface area (Å²) in [5.41, 5.74) is 1.91. The summed E-state index contributed by atoms with van der Waals surface area (Å²) >= 11 is 5.97. The second-order valence-electron chi connectivity index (χ2n) is 6.41. The Bertz CT molecular complexity index is 425. The fourth-order valence-electron chi connectivity index (χ4n) is 3.53. The first-order valence-corrected chi connectivity index (χ1v) is 8.65. The van der Waals surface area contributed by atoms with Crippen molar-refractivity contribution in [1.82, 2.24) is 10.2 Å². The molecule has 0 amide bonds. The zero-order chi connectivity index (χ0) is 15.3. The molecule has 0 spiro atoms. The normalized spacial score (nSPS) is 19.8. The summed E-state index contributed by atoms with van der Waals surface area (Å²) in [6.07, 6.45) is 5.14. The largest absolute Gasteiger partial charge is 0.313 e. The lowest BCUT2D eigenvalue weighted by Crippen LogP contribution is -2.29. The molecule has 1 atom stereocenters. The van der Waals surface area contributed by atoms with Crippen LogP contribution in [0.1, 0.15) is 51.1 Å². The van der Waals surface area contributed by atoms with Crippen LogP contribution in [0.5, 0.6) is 0 Å². The zero-order valence-electron chi connectivity index (χ0n) is 13.7. The van der Waals surface area contributed by atoms with Crippen LogP contribution in [0.15, 0.2) is 24.3 Å². The van der Waals surface area contributed by atoms with Crippen LogP contribution in [0.3, 0.4) is 0 Å². The second-order valence-corrected chi connectivity index (χ2v) is 6.85. The summed E-state index contributed by atoms with van der Waals surface area (Å²) in [5, 5.41) is 4.25. The summed E-state index contributed by atoms with van der Waals surface area (Å²) in [6.45, 7) is 8.40. The molecule has 118 valence electrons. The highest BCUT2D eigenvalue weighted by molar-refractivity contribution is 6.30. The van der Waals surface area contributed by atoms with Crippen LogP contribution in [-0.4, -0.2) is 31.6 Å². The van der Waals surface area contributed by atoms with Crippen molar-refractivity contribution < 1.29 is 0 Å². The van der Waals surface area contributed by atoms with Gasteiger partial charge in [0.05, 0.1) is 0 Å². The molecule has 0 saturated carbocycles. The van der Waals surface area contributed by atoms with Gasteiger partial charge in [-0.05, 0) is 68.9 Å². The van der Waals surface area contributed by atoms with E-state index in [1.54, 1.807) is 0 Å². The molecule has 2 rings (SSSR count). The van der Waals surface area contributed by atoms with Crippen molar-refractivity contribution in [1.29, 1.82) is 0 Å². The van der Waals surface area contributed by atoms with Gasteiger partial charge in [0.2, 0.25) is 0 Å². The number of nitrogens with one attached hydrogen (secondary N) is 1. The third kappa shape index (κ3) is 4.21. The minimum Gasteiger partial charge on any atom is -0.313 e. The molecule has 3 heteroatoms. The first-order valence-electron chi connectivity index (χ1n) is 8.27. The van der Waals surface area contributed by atoms with E-state index in [4.69, 9.17) is 11.6 Å². The van der Waals surface area contributed by atoms with Gasteiger partial charge in [-0.15, -0.1) is 0 Å². The summed E-state index contributed by atoms with van der Waals surface area (Å²) in [5.74, 6) is 0. The van der Waals surface area contributed by atoms with E-state index in [0.29, 0.717) is 11.5 Å². The Morgan fingerprint density at radius 2 is 1.90 bits per heavy atom. The number of nitrogens with zero attached hydrogens (tertiary/aromatic N) is 1. The predicted octanol–water partition coefficient (Wildman–Crippen LogP) is 4.50. The van der Waals surface area contributed by atoms with Crippen LogP contribution >= 0.6 is 11.6 Å². The van der Waals surface area contributed by atoms with Crippen molar-refractivity contribution in [2.75, 3.05) is 26.7 Å². The molecule has 0 bridgehead atoms. The molecule has 1 aliphatic heterocycles. The molecule has 1 saturated heterocycles. The van der Waals surface area contributed by atoms with Crippen molar-refractivity contribution >= 4 is 11.6 Å². The van der Waals surface area contributed by atoms with Gasteiger partial charge < -0.3 is 10.2 Å². The summed E-state index contributed by atoms with van der Waals surface area (Å²) in [7, 11) is 2.05. The van der Waals surface area contributed by atoms with Gasteiger partial charge in [0.25, 0.3) is 0 Å². The molecule has 1 unspecified atom stereocenters. The van der Waals surface area contributed by atoms with Crippen molar-refractivity contribution in [2.24, 2.45) is 5.41 Å². The van der Waals surface area contributed by atoms with Crippen LogP contribution in [0, 0.1) is 5.41 Å². The fraction of sp³-hybridized carbons (Fsp3) is 0.667. The lowest BCUT2D eigenvalue weighted by Gasteiger charge is -2.27.